The Hall–Kier alpha value is -2.50. The summed E-state index contributed by atoms with van der Waals surface area (Å²) in [4.78, 5) is 15.1. The lowest BCUT2D eigenvalue weighted by molar-refractivity contribution is -0.151. The smallest absolute Gasteiger partial charge is 0.419 e. The first-order valence-electron chi connectivity index (χ1n) is 11.3. The third-order valence-electron chi connectivity index (χ3n) is 7.31. The number of piperidine rings is 1. The quantitative estimate of drug-likeness (QED) is 0.577. The van der Waals surface area contributed by atoms with E-state index in [1.165, 1.54) is 29.3 Å². The molecule has 1 amide bonds. The molecule has 2 aromatic carbocycles. The Balaban J connectivity index is 1.50. The van der Waals surface area contributed by atoms with E-state index in [1.807, 2.05) is 0 Å². The Kier molecular flexibility index (Phi) is 5.76. The molecule has 1 fully saturated rings. The Morgan fingerprint density at radius 2 is 1.69 bits per heavy atom. The number of para-hydroxylation sites is 1. The number of ether oxygens (including phenoxy) is 1. The average molecular weight is 446 g/mol. The summed E-state index contributed by atoms with van der Waals surface area (Å²) in [7, 11) is 0. The van der Waals surface area contributed by atoms with Crippen LogP contribution in [0.1, 0.15) is 56.7 Å². The van der Waals surface area contributed by atoms with Gasteiger partial charge in [-0.15, -0.1) is 0 Å². The van der Waals surface area contributed by atoms with Crippen LogP contribution >= 0.6 is 0 Å². The molecule has 1 unspecified atom stereocenters. The van der Waals surface area contributed by atoms with Gasteiger partial charge in [0.1, 0.15) is 5.75 Å². The van der Waals surface area contributed by atoms with Crippen LogP contribution < -0.4 is 4.74 Å². The van der Waals surface area contributed by atoms with Crippen LogP contribution in [0.25, 0.3) is 0 Å². The zero-order valence-electron chi connectivity index (χ0n) is 18.8. The highest BCUT2D eigenvalue weighted by molar-refractivity contribution is 5.85. The molecule has 1 saturated heterocycles. The lowest BCUT2D eigenvalue weighted by atomic mass is 9.67. The molecule has 0 saturated carbocycles. The number of rotatable bonds is 4. The molecule has 1 aliphatic heterocycles. The normalized spacial score (nSPS) is 20.3. The predicted octanol–water partition coefficient (Wildman–Crippen LogP) is 6.01. The molecule has 0 aromatic heterocycles. The minimum atomic E-state index is -4.54. The Morgan fingerprint density at radius 1 is 1.06 bits per heavy atom. The molecule has 4 rings (SSSR count). The van der Waals surface area contributed by atoms with Crippen molar-refractivity contribution in [2.75, 3.05) is 13.1 Å². The summed E-state index contributed by atoms with van der Waals surface area (Å²) in [5, 5.41) is 0. The summed E-state index contributed by atoms with van der Waals surface area (Å²) in [6.45, 7) is 6.48. The number of halogens is 3. The summed E-state index contributed by atoms with van der Waals surface area (Å²) < 4.78 is 45.8. The van der Waals surface area contributed by atoms with Crippen LogP contribution in [0.5, 0.6) is 5.75 Å². The van der Waals surface area contributed by atoms with Crippen molar-refractivity contribution in [3.8, 4) is 5.75 Å². The van der Waals surface area contributed by atoms with E-state index in [0.717, 1.165) is 31.7 Å². The van der Waals surface area contributed by atoms with E-state index in [0.29, 0.717) is 19.0 Å². The van der Waals surface area contributed by atoms with Crippen LogP contribution in [-0.4, -0.2) is 29.5 Å². The molecule has 0 radical (unpaired) electrons. The van der Waals surface area contributed by atoms with Gasteiger partial charge in [-0.2, -0.15) is 13.2 Å². The second-order valence-electron chi connectivity index (χ2n) is 9.52. The van der Waals surface area contributed by atoms with E-state index in [9.17, 15) is 18.0 Å². The van der Waals surface area contributed by atoms with Gasteiger partial charge in [-0.1, -0.05) is 49.7 Å². The van der Waals surface area contributed by atoms with Crippen LogP contribution in [0.3, 0.4) is 0 Å². The standard InChI is InChI=1S/C26H30F3NO2/c1-4-19-17-18-9-5-6-10-20(18)25(19)13-15-30(16-14-25)23(31)24(2,3)32-22-12-8-7-11-21(22)26(27,28)29/h5-12,19H,4,13-17H2,1-3H3. The van der Waals surface area contributed by atoms with E-state index < -0.39 is 17.3 Å². The molecule has 1 heterocycles. The molecule has 172 valence electrons. The molecule has 1 atom stereocenters. The number of hydrogen-bond acceptors (Lipinski definition) is 2. The van der Waals surface area contributed by atoms with Gasteiger partial charge < -0.3 is 9.64 Å². The maximum atomic E-state index is 13.4. The van der Waals surface area contributed by atoms with E-state index in [4.69, 9.17) is 4.74 Å². The highest BCUT2D eigenvalue weighted by Gasteiger charge is 2.49. The number of carbonyl (C=O) groups excluding carboxylic acids is 1. The number of fused-ring (bicyclic) bond motifs is 2. The topological polar surface area (TPSA) is 29.5 Å². The highest BCUT2D eigenvalue weighted by Crippen LogP contribution is 2.51. The fraction of sp³-hybridized carbons (Fsp3) is 0.500. The van der Waals surface area contributed by atoms with Crippen LogP contribution in [0.15, 0.2) is 48.5 Å². The molecule has 0 bridgehead atoms. The third kappa shape index (κ3) is 3.89. The monoisotopic (exact) mass is 445 g/mol. The van der Waals surface area contributed by atoms with E-state index in [2.05, 4.69) is 31.2 Å². The van der Waals surface area contributed by atoms with Gasteiger partial charge >= 0.3 is 6.18 Å². The van der Waals surface area contributed by atoms with Crippen LogP contribution in [0.4, 0.5) is 13.2 Å². The summed E-state index contributed by atoms with van der Waals surface area (Å²) in [6.07, 6.45) is -0.653. The van der Waals surface area contributed by atoms with Crippen molar-refractivity contribution in [1.82, 2.24) is 4.90 Å². The van der Waals surface area contributed by atoms with Gasteiger partial charge in [0.05, 0.1) is 5.56 Å². The first kappa shape index (κ1) is 22.7. The number of hydrogen-bond donors (Lipinski definition) is 0. The van der Waals surface area contributed by atoms with Crippen LogP contribution in [0, 0.1) is 5.92 Å². The van der Waals surface area contributed by atoms with Gasteiger partial charge in [-0.3, -0.25) is 4.79 Å². The molecule has 2 aliphatic rings. The van der Waals surface area contributed by atoms with Crippen molar-refractivity contribution in [3.63, 3.8) is 0 Å². The summed E-state index contributed by atoms with van der Waals surface area (Å²) in [6, 6.07) is 13.7. The Bertz CT molecular complexity index is 991. The second kappa shape index (κ2) is 8.13. The van der Waals surface area contributed by atoms with Crippen LogP contribution in [0.2, 0.25) is 0 Å². The summed E-state index contributed by atoms with van der Waals surface area (Å²) in [5.74, 6) is -0.0358. The second-order valence-corrected chi connectivity index (χ2v) is 9.52. The molecule has 32 heavy (non-hydrogen) atoms. The van der Waals surface area contributed by atoms with Gasteiger partial charge in [-0.05, 0) is 62.3 Å². The van der Waals surface area contributed by atoms with Crippen molar-refractivity contribution in [2.45, 2.75) is 63.6 Å². The largest absolute Gasteiger partial charge is 0.477 e. The van der Waals surface area contributed by atoms with Crippen molar-refractivity contribution in [3.05, 3.63) is 65.2 Å². The number of amides is 1. The number of carbonyl (C=O) groups is 1. The molecule has 1 spiro atoms. The maximum absolute atomic E-state index is 13.4. The first-order valence-corrected chi connectivity index (χ1v) is 11.3. The van der Waals surface area contributed by atoms with Crippen molar-refractivity contribution >= 4 is 5.91 Å². The first-order chi connectivity index (χ1) is 15.1. The van der Waals surface area contributed by atoms with E-state index >= 15 is 0 Å². The molecule has 0 N–H and O–H groups in total. The van der Waals surface area contributed by atoms with Gasteiger partial charge in [0.15, 0.2) is 5.60 Å². The SMILES string of the molecule is CCC1Cc2ccccc2C12CCN(C(=O)C(C)(C)Oc1ccccc1C(F)(F)F)CC2. The summed E-state index contributed by atoms with van der Waals surface area (Å²) in [5.41, 5.74) is 0.631. The zero-order chi connectivity index (χ0) is 23.1. The van der Waals surface area contributed by atoms with Crippen molar-refractivity contribution < 1.29 is 22.7 Å². The minimum absolute atomic E-state index is 0.0794. The Morgan fingerprint density at radius 3 is 2.34 bits per heavy atom. The average Bonchev–Trinajstić information content (AvgIpc) is 3.06. The van der Waals surface area contributed by atoms with Crippen LogP contribution in [-0.2, 0) is 22.8 Å². The number of likely N-dealkylation sites (tertiary alicyclic amines) is 1. The fourth-order valence-electron chi connectivity index (χ4n) is 5.68. The van der Waals surface area contributed by atoms with Gasteiger partial charge in [0, 0.05) is 18.5 Å². The zero-order valence-corrected chi connectivity index (χ0v) is 18.8. The molecule has 2 aromatic rings. The number of alkyl halides is 3. The minimum Gasteiger partial charge on any atom is -0.477 e. The third-order valence-corrected chi connectivity index (χ3v) is 7.31. The lowest BCUT2D eigenvalue weighted by Crippen LogP contribution is -2.54. The van der Waals surface area contributed by atoms with E-state index in [1.54, 1.807) is 18.7 Å². The molecule has 3 nitrogen and oxygen atoms in total. The highest BCUT2D eigenvalue weighted by atomic mass is 19.4. The van der Waals surface area contributed by atoms with Gasteiger partial charge in [-0.25, -0.2) is 0 Å². The molecule has 1 aliphatic carbocycles. The number of nitrogens with zero attached hydrogens (tertiary/aromatic N) is 1. The van der Waals surface area contributed by atoms with E-state index in [-0.39, 0.29) is 17.1 Å². The fourth-order valence-corrected chi connectivity index (χ4v) is 5.68. The predicted molar refractivity (Wildman–Crippen MR) is 118 cm³/mol. The van der Waals surface area contributed by atoms with Gasteiger partial charge in [0.25, 0.3) is 5.91 Å². The lowest BCUT2D eigenvalue weighted by Gasteiger charge is -2.45. The molecule has 6 heteroatoms. The maximum Gasteiger partial charge on any atom is 0.419 e. The van der Waals surface area contributed by atoms with Crippen molar-refractivity contribution in [2.24, 2.45) is 5.92 Å². The van der Waals surface area contributed by atoms with Gasteiger partial charge in [0.2, 0.25) is 0 Å². The molecular formula is C26H30F3NO2. The number of benzene rings is 2. The summed E-state index contributed by atoms with van der Waals surface area (Å²) >= 11 is 0. The Labute approximate surface area is 187 Å². The van der Waals surface area contributed by atoms with Crippen molar-refractivity contribution in [1.29, 1.82) is 0 Å². The molecular weight excluding hydrogens is 415 g/mol.